The Morgan fingerprint density at radius 2 is 1.60 bits per heavy atom. The molecule has 2 saturated heterocycles. The van der Waals surface area contributed by atoms with Crippen molar-refractivity contribution in [3.63, 3.8) is 0 Å². The van der Waals surface area contributed by atoms with Gasteiger partial charge in [-0.2, -0.15) is 0 Å². The molecule has 0 aliphatic carbocycles. The molecule has 3 aromatic carbocycles. The van der Waals surface area contributed by atoms with Crippen molar-refractivity contribution in [2.45, 2.75) is 50.0 Å². The Kier molecular flexibility index (Phi) is 9.59. The Morgan fingerprint density at radius 1 is 0.915 bits per heavy atom. The largest absolute Gasteiger partial charge is 0.508 e. The van der Waals surface area contributed by atoms with E-state index < -0.39 is 49.7 Å². The van der Waals surface area contributed by atoms with Crippen molar-refractivity contribution in [3.05, 3.63) is 77.9 Å². The number of benzene rings is 3. The molecule has 3 heterocycles. The molecule has 0 spiro atoms. The summed E-state index contributed by atoms with van der Waals surface area (Å²) in [6.07, 6.45) is -6.36. The van der Waals surface area contributed by atoms with Gasteiger partial charge in [0.1, 0.15) is 42.1 Å². The van der Waals surface area contributed by atoms with E-state index in [1.165, 1.54) is 64.8 Å². The molecule has 13 heteroatoms. The van der Waals surface area contributed by atoms with Gasteiger partial charge in [-0.1, -0.05) is 6.42 Å². The van der Waals surface area contributed by atoms with Crippen LogP contribution in [0.5, 0.6) is 17.2 Å². The Morgan fingerprint density at radius 3 is 2.28 bits per heavy atom. The molecule has 47 heavy (non-hydrogen) atoms. The van der Waals surface area contributed by atoms with Crippen LogP contribution in [0.1, 0.15) is 40.7 Å². The van der Waals surface area contributed by atoms with E-state index in [0.29, 0.717) is 39.2 Å². The molecule has 2 aliphatic rings. The number of phenols is 1. The van der Waals surface area contributed by atoms with E-state index in [1.807, 2.05) is 0 Å². The van der Waals surface area contributed by atoms with Gasteiger partial charge in [-0.05, 0) is 98.2 Å². The van der Waals surface area contributed by atoms with E-state index in [2.05, 4.69) is 0 Å². The van der Waals surface area contributed by atoms with Gasteiger partial charge in [-0.25, -0.2) is 4.79 Å². The summed E-state index contributed by atoms with van der Waals surface area (Å²) in [5.74, 6) is -1.73. The minimum atomic E-state index is -2.68. The van der Waals surface area contributed by atoms with Gasteiger partial charge in [-0.15, -0.1) is 11.3 Å². The number of aromatic hydroxyl groups is 1. The Balaban J connectivity index is 0.00000504. The van der Waals surface area contributed by atoms with Gasteiger partial charge in [0.2, 0.25) is 6.29 Å². The fourth-order valence-corrected chi connectivity index (χ4v) is 6.69. The number of nitrogens with zero attached hydrogens (tertiary/aromatic N) is 1. The second-order valence-corrected chi connectivity index (χ2v) is 12.1. The summed E-state index contributed by atoms with van der Waals surface area (Å²) in [5, 5.41) is 50.4. The van der Waals surface area contributed by atoms with E-state index in [4.69, 9.17) is 19.7 Å². The van der Waals surface area contributed by atoms with Crippen LogP contribution in [-0.2, 0) is 9.53 Å². The van der Waals surface area contributed by atoms with Crippen molar-refractivity contribution in [1.82, 2.24) is 4.90 Å². The number of fused-ring (bicyclic) bond motifs is 1. The zero-order chi connectivity index (χ0) is 36.0. The first-order valence-electron chi connectivity index (χ1n) is 16.7. The van der Waals surface area contributed by atoms with Gasteiger partial charge >= 0.3 is 5.97 Å². The number of likely N-dealkylation sites (tertiary alicyclic amines) is 1. The monoisotopic (exact) mass is 660 g/mol. The SMILES string of the molecule is [2H]C([2H])(Oc1ccc(C(=O)c2c(-c3ccc(O[C@@H]4O[C@H](C(=O)O)[C@@H](O)[C@H](O)[C@H]4O)cc3)sc3cc(O)ccc23)cc1)C([2H])([2H])N1CCCCC1.[Li]. The molecule has 0 unspecified atom stereocenters. The first-order chi connectivity index (χ1) is 23.7. The topological polar surface area (TPSA) is 166 Å². The number of rotatable bonds is 10. The predicted octanol–water partition coefficient (Wildman–Crippen LogP) is 3.26. The number of thiophene rings is 1. The number of ether oxygens (including phenoxy) is 3. The van der Waals surface area contributed by atoms with Crippen molar-refractivity contribution in [2.24, 2.45) is 0 Å². The number of piperidine rings is 1. The zero-order valence-electron chi connectivity index (χ0n) is 29.4. The van der Waals surface area contributed by atoms with Gasteiger partial charge in [0.15, 0.2) is 11.9 Å². The molecule has 1 radical (unpaired) electrons. The van der Waals surface area contributed by atoms with Gasteiger partial charge in [0.05, 0.1) is 2.74 Å². The Bertz CT molecular complexity index is 1870. The van der Waals surface area contributed by atoms with E-state index in [-0.39, 0.29) is 47.5 Å². The number of aliphatic hydroxyl groups excluding tert-OH is 3. The summed E-state index contributed by atoms with van der Waals surface area (Å²) in [7, 11) is 0. The third-order valence-corrected chi connectivity index (χ3v) is 9.13. The van der Waals surface area contributed by atoms with E-state index in [0.717, 1.165) is 19.3 Å². The maximum Gasteiger partial charge on any atom is 0.335 e. The van der Waals surface area contributed by atoms with Crippen LogP contribution in [-0.4, -0.2) is 118 Å². The predicted molar refractivity (Wildman–Crippen MR) is 175 cm³/mol. The van der Waals surface area contributed by atoms with Crippen LogP contribution in [0.25, 0.3) is 20.5 Å². The van der Waals surface area contributed by atoms with Crippen LogP contribution in [0.3, 0.4) is 0 Å². The molecular formula is C34H35LiNO10S. The summed E-state index contributed by atoms with van der Waals surface area (Å²) >= 11 is 1.25. The van der Waals surface area contributed by atoms with Crippen molar-refractivity contribution in [1.29, 1.82) is 0 Å². The molecule has 0 saturated carbocycles. The molecular weight excluding hydrogens is 621 g/mol. The standard InChI is InChI=1S/C34H35NO10S.Li/c36-21-8-13-24-25(18-21)46-32(20-6-11-23(12-7-20)44-34-30(40)28(38)29(39)31(45-34)33(41)42)26(24)27(37)19-4-9-22(10-5-19)43-17-16-35-14-2-1-3-15-35;/h4-13,18,28-31,34,36,38-40H,1-3,14-17H2,(H,41,42);/t28-,29-,30+,31-,34+;/m0./s1/i16D2,17D2;. The molecule has 4 aromatic rings. The Hall–Kier alpha value is -3.44. The third-order valence-electron chi connectivity index (χ3n) is 7.93. The number of hydrogen-bond donors (Lipinski definition) is 5. The average molecular weight is 661 g/mol. The number of ketones is 1. The van der Waals surface area contributed by atoms with Crippen LogP contribution in [0, 0.1) is 0 Å². The number of carbonyl (C=O) groups is 2. The minimum absolute atomic E-state index is 0. The van der Waals surface area contributed by atoms with Gasteiger partial charge in [-0.3, -0.25) is 9.69 Å². The maximum atomic E-state index is 14.1. The van der Waals surface area contributed by atoms with Crippen molar-refractivity contribution < 1.29 is 54.8 Å². The fourth-order valence-electron chi connectivity index (χ4n) is 5.45. The third kappa shape index (κ3) is 7.67. The number of carboxylic acid groups (broad SMARTS) is 1. The maximum absolute atomic E-state index is 14.1. The summed E-state index contributed by atoms with van der Waals surface area (Å²) < 4.78 is 50.6. The second kappa shape index (κ2) is 15.2. The van der Waals surface area contributed by atoms with E-state index in [1.54, 1.807) is 18.2 Å². The van der Waals surface area contributed by atoms with Gasteiger partial charge in [0.25, 0.3) is 0 Å². The van der Waals surface area contributed by atoms with Crippen LogP contribution in [0.2, 0.25) is 0 Å². The minimum Gasteiger partial charge on any atom is -0.508 e. The normalized spacial score (nSPS) is 25.0. The molecule has 0 bridgehead atoms. The molecule has 243 valence electrons. The first-order valence-corrected chi connectivity index (χ1v) is 15.5. The number of aliphatic hydroxyl groups is 3. The van der Waals surface area contributed by atoms with E-state index in [9.17, 15) is 35.1 Å². The molecule has 0 amide bonds. The number of aliphatic carboxylic acids is 1. The number of carboxylic acids is 1. The molecule has 2 aliphatic heterocycles. The zero-order valence-corrected chi connectivity index (χ0v) is 26.2. The fraction of sp³-hybridized carbons (Fsp3) is 0.353. The van der Waals surface area contributed by atoms with Crippen molar-refractivity contribution in [3.8, 4) is 27.7 Å². The van der Waals surface area contributed by atoms with Gasteiger partial charge < -0.3 is 39.7 Å². The molecule has 11 nitrogen and oxygen atoms in total. The van der Waals surface area contributed by atoms with Crippen molar-refractivity contribution in [2.75, 3.05) is 26.1 Å². The number of carbonyl (C=O) groups excluding carboxylic acids is 1. The van der Waals surface area contributed by atoms with E-state index >= 15 is 0 Å². The smallest absolute Gasteiger partial charge is 0.335 e. The second-order valence-electron chi connectivity index (χ2n) is 11.1. The summed E-state index contributed by atoms with van der Waals surface area (Å²) in [5.41, 5.74) is 1.16. The van der Waals surface area contributed by atoms with Crippen molar-refractivity contribution >= 4 is 52.0 Å². The van der Waals surface area contributed by atoms with Crippen LogP contribution in [0.4, 0.5) is 0 Å². The molecule has 5 atom stereocenters. The molecule has 5 N–H and O–H groups in total. The van der Waals surface area contributed by atoms with Crippen LogP contribution < -0.4 is 9.47 Å². The molecule has 1 aromatic heterocycles. The quantitative estimate of drug-likeness (QED) is 0.125. The first kappa shape index (κ1) is 29.7. The summed E-state index contributed by atoms with van der Waals surface area (Å²) in [4.78, 5) is 27.5. The van der Waals surface area contributed by atoms with Gasteiger partial charge in [0, 0.05) is 54.2 Å². The average Bonchev–Trinajstić information content (AvgIpc) is 3.47. The number of hydrogen-bond acceptors (Lipinski definition) is 11. The molecule has 2 fully saturated rings. The number of phenolic OH excluding ortho intramolecular Hbond substituents is 1. The van der Waals surface area contributed by atoms with Crippen LogP contribution >= 0.6 is 11.3 Å². The Labute approximate surface area is 292 Å². The summed E-state index contributed by atoms with van der Waals surface area (Å²) in [6.45, 7) is -4.21. The van der Waals surface area contributed by atoms with Crippen LogP contribution in [0.15, 0.2) is 66.7 Å². The summed E-state index contributed by atoms with van der Waals surface area (Å²) in [6, 6.07) is 16.6. The molecule has 6 rings (SSSR count).